The first-order valence-electron chi connectivity index (χ1n) is 6.34. The number of furan rings is 1. The van der Waals surface area contributed by atoms with E-state index in [2.05, 4.69) is 5.32 Å². The number of nitrogens with one attached hydrogen (secondary N) is 1. The van der Waals surface area contributed by atoms with Crippen molar-refractivity contribution < 1.29 is 9.21 Å². The van der Waals surface area contributed by atoms with E-state index in [0.717, 1.165) is 17.7 Å². The molecule has 1 unspecified atom stereocenters. The third kappa shape index (κ3) is 3.45. The van der Waals surface area contributed by atoms with Crippen molar-refractivity contribution in [3.8, 4) is 0 Å². The molecular weight excluding hydrogens is 240 g/mol. The largest absolute Gasteiger partial charge is 0.467 e. The van der Waals surface area contributed by atoms with Crippen LogP contribution in [0.5, 0.6) is 0 Å². The summed E-state index contributed by atoms with van der Waals surface area (Å²) in [5, 5.41) is 2.90. The van der Waals surface area contributed by atoms with Crippen LogP contribution in [0.2, 0.25) is 0 Å². The Kier molecular flexibility index (Phi) is 4.36. The zero-order chi connectivity index (χ0) is 13.7. The van der Waals surface area contributed by atoms with Crippen LogP contribution in [-0.4, -0.2) is 12.5 Å². The van der Waals surface area contributed by atoms with Crippen LogP contribution in [-0.2, 0) is 6.42 Å². The van der Waals surface area contributed by atoms with Gasteiger partial charge in [0.05, 0.1) is 12.3 Å². The van der Waals surface area contributed by atoms with Crippen molar-refractivity contribution in [2.75, 3.05) is 6.54 Å². The maximum atomic E-state index is 12.1. The SMILES string of the molecule is CC(NC(=O)c1cccc(CCN)c1)c1ccco1. The second-order valence-corrected chi connectivity index (χ2v) is 4.45. The third-order valence-electron chi connectivity index (χ3n) is 2.94. The number of hydrogen-bond acceptors (Lipinski definition) is 3. The van der Waals surface area contributed by atoms with Crippen LogP contribution in [0.25, 0.3) is 0 Å². The van der Waals surface area contributed by atoms with E-state index in [4.69, 9.17) is 10.2 Å². The van der Waals surface area contributed by atoms with Crippen molar-refractivity contribution in [3.05, 3.63) is 59.5 Å². The first-order valence-corrected chi connectivity index (χ1v) is 6.34. The predicted octanol–water partition coefficient (Wildman–Crippen LogP) is 2.27. The third-order valence-corrected chi connectivity index (χ3v) is 2.94. The summed E-state index contributed by atoms with van der Waals surface area (Å²) in [6.07, 6.45) is 2.37. The Morgan fingerprint density at radius 3 is 2.89 bits per heavy atom. The molecule has 0 bridgehead atoms. The molecule has 0 aliphatic carbocycles. The van der Waals surface area contributed by atoms with Crippen LogP contribution in [0, 0.1) is 0 Å². The summed E-state index contributed by atoms with van der Waals surface area (Å²) in [4.78, 5) is 12.1. The molecule has 4 nitrogen and oxygen atoms in total. The monoisotopic (exact) mass is 258 g/mol. The van der Waals surface area contributed by atoms with Crippen LogP contribution in [0.1, 0.15) is 34.6 Å². The van der Waals surface area contributed by atoms with Gasteiger partial charge in [0.15, 0.2) is 0 Å². The fraction of sp³-hybridized carbons (Fsp3) is 0.267. The summed E-state index contributed by atoms with van der Waals surface area (Å²) in [6, 6.07) is 11.0. The van der Waals surface area contributed by atoms with E-state index in [9.17, 15) is 4.79 Å². The highest BCUT2D eigenvalue weighted by Crippen LogP contribution is 2.14. The number of benzene rings is 1. The fourth-order valence-electron chi connectivity index (χ4n) is 1.92. The van der Waals surface area contributed by atoms with Crippen molar-refractivity contribution in [2.24, 2.45) is 5.73 Å². The molecule has 4 heteroatoms. The number of carbonyl (C=O) groups excluding carboxylic acids is 1. The maximum Gasteiger partial charge on any atom is 0.251 e. The summed E-state index contributed by atoms with van der Waals surface area (Å²) in [7, 11) is 0. The van der Waals surface area contributed by atoms with Gasteiger partial charge in [-0.15, -0.1) is 0 Å². The summed E-state index contributed by atoms with van der Waals surface area (Å²) in [5.41, 5.74) is 7.23. The zero-order valence-electron chi connectivity index (χ0n) is 10.9. The minimum atomic E-state index is -0.152. The highest BCUT2D eigenvalue weighted by Gasteiger charge is 2.13. The van der Waals surface area contributed by atoms with Crippen LogP contribution in [0.3, 0.4) is 0 Å². The topological polar surface area (TPSA) is 68.3 Å². The Labute approximate surface area is 112 Å². The molecule has 1 heterocycles. The number of rotatable bonds is 5. The van der Waals surface area contributed by atoms with Crippen molar-refractivity contribution in [2.45, 2.75) is 19.4 Å². The zero-order valence-corrected chi connectivity index (χ0v) is 10.9. The van der Waals surface area contributed by atoms with Crippen LogP contribution in [0.4, 0.5) is 0 Å². The second kappa shape index (κ2) is 6.20. The van der Waals surface area contributed by atoms with Crippen molar-refractivity contribution in [3.63, 3.8) is 0 Å². The summed E-state index contributed by atoms with van der Waals surface area (Å²) in [5.74, 6) is 0.634. The van der Waals surface area contributed by atoms with Gasteiger partial charge < -0.3 is 15.5 Å². The Balaban J connectivity index is 2.05. The van der Waals surface area contributed by atoms with E-state index in [1.807, 2.05) is 31.2 Å². The number of hydrogen-bond donors (Lipinski definition) is 2. The lowest BCUT2D eigenvalue weighted by Gasteiger charge is -2.12. The molecular formula is C15H18N2O2. The van der Waals surface area contributed by atoms with Crippen molar-refractivity contribution >= 4 is 5.91 Å². The van der Waals surface area contributed by atoms with Gasteiger partial charge >= 0.3 is 0 Å². The minimum Gasteiger partial charge on any atom is -0.467 e. The molecule has 1 atom stereocenters. The Hall–Kier alpha value is -2.07. The van der Waals surface area contributed by atoms with E-state index in [0.29, 0.717) is 12.1 Å². The average Bonchev–Trinajstić information content (AvgIpc) is 2.93. The predicted molar refractivity (Wildman–Crippen MR) is 73.8 cm³/mol. The Bertz CT molecular complexity index is 535. The Morgan fingerprint density at radius 1 is 1.37 bits per heavy atom. The van der Waals surface area contributed by atoms with Crippen molar-refractivity contribution in [1.82, 2.24) is 5.32 Å². The molecule has 0 saturated carbocycles. The van der Waals surface area contributed by atoms with Crippen LogP contribution < -0.4 is 11.1 Å². The van der Waals surface area contributed by atoms with Gasteiger partial charge in [0.2, 0.25) is 0 Å². The lowest BCUT2D eigenvalue weighted by atomic mass is 10.1. The van der Waals surface area contributed by atoms with Gasteiger partial charge in [0.25, 0.3) is 5.91 Å². The molecule has 0 saturated heterocycles. The maximum absolute atomic E-state index is 12.1. The molecule has 1 aromatic carbocycles. The van der Waals surface area contributed by atoms with Crippen LogP contribution >= 0.6 is 0 Å². The van der Waals surface area contributed by atoms with Gasteiger partial charge in [-0.25, -0.2) is 0 Å². The molecule has 2 rings (SSSR count). The molecule has 1 aromatic heterocycles. The molecule has 1 amide bonds. The van der Waals surface area contributed by atoms with Crippen LogP contribution in [0.15, 0.2) is 47.1 Å². The second-order valence-electron chi connectivity index (χ2n) is 4.45. The van der Waals surface area contributed by atoms with E-state index < -0.39 is 0 Å². The molecule has 3 N–H and O–H groups in total. The van der Waals surface area contributed by atoms with Gasteiger partial charge in [-0.1, -0.05) is 12.1 Å². The summed E-state index contributed by atoms with van der Waals surface area (Å²) < 4.78 is 5.26. The minimum absolute atomic E-state index is 0.109. The summed E-state index contributed by atoms with van der Waals surface area (Å²) >= 11 is 0. The normalized spacial score (nSPS) is 12.1. The first-order chi connectivity index (χ1) is 9.20. The molecule has 2 aromatic rings. The van der Waals surface area contributed by atoms with Gasteiger partial charge in [-0.2, -0.15) is 0 Å². The molecule has 0 aliphatic heterocycles. The van der Waals surface area contributed by atoms with Crippen molar-refractivity contribution in [1.29, 1.82) is 0 Å². The van der Waals surface area contributed by atoms with E-state index in [-0.39, 0.29) is 11.9 Å². The van der Waals surface area contributed by atoms with Gasteiger partial charge in [0, 0.05) is 5.56 Å². The molecule has 0 spiro atoms. The highest BCUT2D eigenvalue weighted by atomic mass is 16.3. The lowest BCUT2D eigenvalue weighted by molar-refractivity contribution is 0.0935. The first kappa shape index (κ1) is 13.4. The highest BCUT2D eigenvalue weighted by molar-refractivity contribution is 5.94. The molecule has 0 fully saturated rings. The number of amides is 1. The standard InChI is InChI=1S/C15H18N2O2/c1-11(14-6-3-9-19-14)17-15(18)13-5-2-4-12(10-13)7-8-16/h2-6,9-11H,7-8,16H2,1H3,(H,17,18). The number of carbonyl (C=O) groups is 1. The lowest BCUT2D eigenvalue weighted by Crippen LogP contribution is -2.26. The van der Waals surface area contributed by atoms with Gasteiger partial charge in [-0.05, 0) is 49.7 Å². The molecule has 0 radical (unpaired) electrons. The van der Waals surface area contributed by atoms with E-state index in [1.54, 1.807) is 18.4 Å². The smallest absolute Gasteiger partial charge is 0.251 e. The summed E-state index contributed by atoms with van der Waals surface area (Å²) in [6.45, 7) is 2.47. The average molecular weight is 258 g/mol. The number of nitrogens with two attached hydrogens (primary N) is 1. The quantitative estimate of drug-likeness (QED) is 0.864. The van der Waals surface area contributed by atoms with Gasteiger partial charge in [-0.3, -0.25) is 4.79 Å². The molecule has 0 aliphatic rings. The Morgan fingerprint density at radius 2 is 2.21 bits per heavy atom. The van der Waals surface area contributed by atoms with E-state index >= 15 is 0 Å². The fourth-order valence-corrected chi connectivity index (χ4v) is 1.92. The molecule has 100 valence electrons. The van der Waals surface area contributed by atoms with Gasteiger partial charge in [0.1, 0.15) is 5.76 Å². The molecule has 19 heavy (non-hydrogen) atoms. The van der Waals surface area contributed by atoms with E-state index in [1.165, 1.54) is 0 Å².